The summed E-state index contributed by atoms with van der Waals surface area (Å²) in [5.41, 5.74) is 1.13. The van der Waals surface area contributed by atoms with Crippen molar-refractivity contribution >= 4 is 28.4 Å². The first-order valence-corrected chi connectivity index (χ1v) is 13.9. The van der Waals surface area contributed by atoms with Gasteiger partial charge in [0.1, 0.15) is 18.7 Å². The van der Waals surface area contributed by atoms with Gasteiger partial charge in [0.05, 0.1) is 11.2 Å². The number of benzene rings is 2. The number of para-hydroxylation sites is 1. The third-order valence-electron chi connectivity index (χ3n) is 7.03. The molecule has 0 bridgehead atoms. The summed E-state index contributed by atoms with van der Waals surface area (Å²) >= 11 is 0. The molecule has 0 saturated carbocycles. The molecule has 1 fully saturated rings. The number of ether oxygens (including phenoxy) is 1. The van der Waals surface area contributed by atoms with Gasteiger partial charge in [-0.1, -0.05) is 29.4 Å². The van der Waals surface area contributed by atoms with Crippen molar-refractivity contribution in [2.24, 2.45) is 0 Å². The maximum Gasteiger partial charge on any atom is 0.415 e. The number of amides is 1. The Morgan fingerprint density at radius 1 is 1.10 bits per heavy atom. The van der Waals surface area contributed by atoms with E-state index in [2.05, 4.69) is 27.4 Å². The SMILES string of the molecule is CN1CCC(Nc2cccc3c2cc(-c2noc(CN(C(=O)OC(C)(C)C)c4ccccc4)n2)n3CC(F)(F)F)CC1. The Kier molecular flexibility index (Phi) is 8.18. The summed E-state index contributed by atoms with van der Waals surface area (Å²) < 4.78 is 53.5. The lowest BCUT2D eigenvalue weighted by Crippen LogP contribution is -2.36. The van der Waals surface area contributed by atoms with Gasteiger partial charge >= 0.3 is 12.3 Å². The Morgan fingerprint density at radius 2 is 1.81 bits per heavy atom. The maximum absolute atomic E-state index is 13.8. The molecule has 4 aromatic rings. The molecule has 0 radical (unpaired) electrons. The molecule has 1 N–H and O–H groups in total. The van der Waals surface area contributed by atoms with Gasteiger partial charge in [0, 0.05) is 22.8 Å². The van der Waals surface area contributed by atoms with Crippen molar-refractivity contribution in [1.82, 2.24) is 19.6 Å². The van der Waals surface area contributed by atoms with E-state index in [0.717, 1.165) is 36.2 Å². The molecule has 0 spiro atoms. The molecular formula is C30H35F3N6O3. The van der Waals surface area contributed by atoms with Crippen LogP contribution >= 0.6 is 0 Å². The number of likely N-dealkylation sites (tertiary alicyclic amines) is 1. The second-order valence-electron chi connectivity index (χ2n) is 11.6. The summed E-state index contributed by atoms with van der Waals surface area (Å²) in [6.07, 6.45) is -3.23. The highest BCUT2D eigenvalue weighted by molar-refractivity contribution is 5.96. The standard InChI is InChI=1S/C30H35F3N6O3/c1-29(2,3)41-28(40)38(21-9-6-5-7-10-21)18-26-35-27(36-42-26)25-17-22-23(34-20-13-15-37(4)16-14-20)11-8-12-24(22)39(25)19-30(31,32)33/h5-12,17,20,34H,13-16,18-19H2,1-4H3. The van der Waals surface area contributed by atoms with Gasteiger partial charge in [-0.2, -0.15) is 18.2 Å². The fourth-order valence-corrected chi connectivity index (χ4v) is 5.06. The summed E-state index contributed by atoms with van der Waals surface area (Å²) in [6.45, 7) is 5.82. The van der Waals surface area contributed by atoms with Crippen molar-refractivity contribution in [1.29, 1.82) is 0 Å². The Morgan fingerprint density at radius 3 is 2.48 bits per heavy atom. The third-order valence-corrected chi connectivity index (χ3v) is 7.03. The molecule has 2 aromatic heterocycles. The molecule has 1 saturated heterocycles. The number of carbonyl (C=O) groups is 1. The number of alkyl halides is 3. The van der Waals surface area contributed by atoms with Crippen LogP contribution in [0.2, 0.25) is 0 Å². The molecule has 224 valence electrons. The number of hydrogen-bond acceptors (Lipinski definition) is 7. The van der Waals surface area contributed by atoms with Crippen LogP contribution in [-0.2, 0) is 17.8 Å². The zero-order chi connectivity index (χ0) is 30.1. The van der Waals surface area contributed by atoms with E-state index in [9.17, 15) is 18.0 Å². The van der Waals surface area contributed by atoms with Crippen LogP contribution in [0, 0.1) is 0 Å². The quantitative estimate of drug-likeness (QED) is 0.259. The lowest BCUT2D eigenvalue weighted by Gasteiger charge is -2.30. The number of nitrogens with zero attached hydrogens (tertiary/aromatic N) is 5. The predicted molar refractivity (Wildman–Crippen MR) is 154 cm³/mol. The van der Waals surface area contributed by atoms with Crippen LogP contribution in [0.5, 0.6) is 0 Å². The molecule has 2 aromatic carbocycles. The largest absolute Gasteiger partial charge is 0.443 e. The van der Waals surface area contributed by atoms with Crippen molar-refractivity contribution < 1.29 is 27.2 Å². The fourth-order valence-electron chi connectivity index (χ4n) is 5.06. The van der Waals surface area contributed by atoms with Gasteiger partial charge in [0.15, 0.2) is 0 Å². The number of fused-ring (bicyclic) bond motifs is 1. The number of nitrogens with one attached hydrogen (secondary N) is 1. The van der Waals surface area contributed by atoms with Crippen molar-refractivity contribution in [2.75, 3.05) is 30.4 Å². The first-order chi connectivity index (χ1) is 19.9. The average molecular weight is 585 g/mol. The summed E-state index contributed by atoms with van der Waals surface area (Å²) in [6, 6.07) is 16.0. The number of carbonyl (C=O) groups excluding carboxylic acids is 1. The lowest BCUT2D eigenvalue weighted by atomic mass is 10.0. The molecule has 1 amide bonds. The number of rotatable bonds is 7. The van der Waals surface area contributed by atoms with E-state index in [1.807, 2.05) is 12.1 Å². The van der Waals surface area contributed by atoms with E-state index >= 15 is 0 Å². The summed E-state index contributed by atoms with van der Waals surface area (Å²) in [5.74, 6) is 0.0427. The van der Waals surface area contributed by atoms with Crippen LogP contribution < -0.4 is 10.2 Å². The van der Waals surface area contributed by atoms with Gasteiger partial charge in [-0.3, -0.25) is 4.90 Å². The Labute approximate surface area is 242 Å². The number of anilines is 2. The number of halogens is 3. The van der Waals surface area contributed by atoms with E-state index in [1.54, 1.807) is 63.2 Å². The molecule has 0 unspecified atom stereocenters. The van der Waals surface area contributed by atoms with Gasteiger partial charge in [0.25, 0.3) is 0 Å². The van der Waals surface area contributed by atoms with Gasteiger partial charge in [-0.05, 0) is 84.1 Å². The Balaban J connectivity index is 1.49. The average Bonchev–Trinajstić information content (AvgIpc) is 3.52. The van der Waals surface area contributed by atoms with Crippen LogP contribution in [0.1, 0.15) is 39.5 Å². The van der Waals surface area contributed by atoms with Gasteiger partial charge < -0.3 is 24.0 Å². The van der Waals surface area contributed by atoms with Crippen LogP contribution in [0.4, 0.5) is 29.3 Å². The molecule has 9 nitrogen and oxygen atoms in total. The van der Waals surface area contributed by atoms with Crippen molar-refractivity contribution in [3.8, 4) is 11.5 Å². The zero-order valence-corrected chi connectivity index (χ0v) is 24.1. The normalized spacial score (nSPS) is 15.2. The third kappa shape index (κ3) is 7.04. The molecule has 0 aliphatic carbocycles. The van der Waals surface area contributed by atoms with Gasteiger partial charge in [-0.15, -0.1) is 0 Å². The summed E-state index contributed by atoms with van der Waals surface area (Å²) in [7, 11) is 2.08. The number of aromatic nitrogens is 3. The first-order valence-electron chi connectivity index (χ1n) is 13.9. The molecule has 3 heterocycles. The highest BCUT2D eigenvalue weighted by Crippen LogP contribution is 2.35. The molecule has 1 aliphatic rings. The van der Waals surface area contributed by atoms with Crippen LogP contribution in [-0.4, -0.2) is 63.7 Å². The highest BCUT2D eigenvalue weighted by atomic mass is 19.4. The lowest BCUT2D eigenvalue weighted by molar-refractivity contribution is -0.139. The van der Waals surface area contributed by atoms with E-state index in [4.69, 9.17) is 9.26 Å². The van der Waals surface area contributed by atoms with Crippen LogP contribution in [0.3, 0.4) is 0 Å². The van der Waals surface area contributed by atoms with Gasteiger partial charge in [-0.25, -0.2) is 4.79 Å². The highest BCUT2D eigenvalue weighted by Gasteiger charge is 2.32. The van der Waals surface area contributed by atoms with Crippen molar-refractivity contribution in [3.05, 3.63) is 60.5 Å². The number of hydrogen-bond donors (Lipinski definition) is 1. The minimum Gasteiger partial charge on any atom is -0.443 e. The molecule has 42 heavy (non-hydrogen) atoms. The second kappa shape index (κ2) is 11.7. The molecule has 12 heteroatoms. The van der Waals surface area contributed by atoms with Crippen molar-refractivity contribution in [3.63, 3.8) is 0 Å². The second-order valence-corrected chi connectivity index (χ2v) is 11.6. The molecular weight excluding hydrogens is 549 g/mol. The van der Waals surface area contributed by atoms with E-state index in [1.165, 1.54) is 4.90 Å². The van der Waals surface area contributed by atoms with Gasteiger partial charge in [0.2, 0.25) is 11.7 Å². The fraction of sp³-hybridized carbons (Fsp3) is 0.433. The minimum atomic E-state index is -4.48. The Hall–Kier alpha value is -4.06. The van der Waals surface area contributed by atoms with E-state index in [0.29, 0.717) is 16.6 Å². The summed E-state index contributed by atoms with van der Waals surface area (Å²) in [5, 5.41) is 8.20. The Bertz CT molecular complexity index is 1520. The zero-order valence-electron chi connectivity index (χ0n) is 24.1. The maximum atomic E-state index is 13.8. The van der Waals surface area contributed by atoms with Crippen LogP contribution in [0.15, 0.2) is 59.1 Å². The summed E-state index contributed by atoms with van der Waals surface area (Å²) in [4.78, 5) is 21.1. The number of piperidine rings is 1. The van der Waals surface area contributed by atoms with E-state index < -0.39 is 24.4 Å². The molecule has 0 atom stereocenters. The van der Waals surface area contributed by atoms with Crippen LogP contribution in [0.25, 0.3) is 22.4 Å². The first kappa shape index (κ1) is 29.4. The van der Waals surface area contributed by atoms with Crippen molar-refractivity contribution in [2.45, 2.75) is 64.5 Å². The smallest absolute Gasteiger partial charge is 0.415 e. The monoisotopic (exact) mass is 584 g/mol. The minimum absolute atomic E-state index is 0.00658. The topological polar surface area (TPSA) is 88.7 Å². The molecule has 5 rings (SSSR count). The molecule has 1 aliphatic heterocycles. The van der Waals surface area contributed by atoms with E-state index in [-0.39, 0.29) is 30.0 Å². The predicted octanol–water partition coefficient (Wildman–Crippen LogP) is 6.70.